The molecule has 3 heterocycles. The quantitative estimate of drug-likeness (QED) is 0.603. The SMILES string of the molecule is CCC1C2[C@@H](CN1c1ncc(C(C)C)cn1)CC1(C)C3Cc4ccc(O)cc4C21CCN3CC1CC1. The van der Waals surface area contributed by atoms with Gasteiger partial charge in [-0.15, -0.1) is 0 Å². The van der Waals surface area contributed by atoms with Crippen molar-refractivity contribution in [3.63, 3.8) is 0 Å². The van der Waals surface area contributed by atoms with E-state index in [0.29, 0.717) is 35.6 Å². The lowest BCUT2D eigenvalue weighted by Crippen LogP contribution is -2.66. The summed E-state index contributed by atoms with van der Waals surface area (Å²) in [6, 6.07) is 7.38. The van der Waals surface area contributed by atoms with Gasteiger partial charge in [0.25, 0.3) is 0 Å². The third-order valence-electron chi connectivity index (χ3n) is 11.2. The van der Waals surface area contributed by atoms with Crippen LogP contribution in [0, 0.1) is 23.2 Å². The maximum Gasteiger partial charge on any atom is 0.225 e. The fourth-order valence-electron chi connectivity index (χ4n) is 9.48. The van der Waals surface area contributed by atoms with Crippen molar-refractivity contribution in [1.82, 2.24) is 14.9 Å². The van der Waals surface area contributed by atoms with Crippen LogP contribution in [0.1, 0.15) is 82.4 Å². The molecule has 6 atom stereocenters. The predicted molar refractivity (Wildman–Crippen MR) is 143 cm³/mol. The largest absolute Gasteiger partial charge is 0.508 e. The van der Waals surface area contributed by atoms with Crippen molar-refractivity contribution in [3.8, 4) is 5.75 Å². The zero-order valence-electron chi connectivity index (χ0n) is 22.5. The summed E-state index contributed by atoms with van der Waals surface area (Å²) < 4.78 is 0. The monoisotopic (exact) mass is 486 g/mol. The van der Waals surface area contributed by atoms with Gasteiger partial charge in [0.15, 0.2) is 0 Å². The topological polar surface area (TPSA) is 52.5 Å². The van der Waals surface area contributed by atoms with E-state index in [1.165, 1.54) is 55.5 Å². The molecule has 1 aromatic heterocycles. The predicted octanol–water partition coefficient (Wildman–Crippen LogP) is 5.53. The van der Waals surface area contributed by atoms with E-state index in [4.69, 9.17) is 9.97 Å². The lowest BCUT2D eigenvalue weighted by atomic mass is 9.48. The molecule has 192 valence electrons. The van der Waals surface area contributed by atoms with Gasteiger partial charge in [0, 0.05) is 43.0 Å². The summed E-state index contributed by atoms with van der Waals surface area (Å²) in [7, 11) is 0. The second-order valence-corrected chi connectivity index (χ2v) is 13.2. The van der Waals surface area contributed by atoms with E-state index in [9.17, 15) is 5.11 Å². The fraction of sp³-hybridized carbons (Fsp3) is 0.677. The molecule has 0 spiro atoms. The van der Waals surface area contributed by atoms with Gasteiger partial charge >= 0.3 is 0 Å². The minimum absolute atomic E-state index is 0.113. The van der Waals surface area contributed by atoms with E-state index < -0.39 is 0 Å². The summed E-state index contributed by atoms with van der Waals surface area (Å²) in [4.78, 5) is 15.2. The molecule has 2 aliphatic heterocycles. The Balaban J connectivity index is 1.32. The second-order valence-electron chi connectivity index (χ2n) is 13.2. The summed E-state index contributed by atoms with van der Waals surface area (Å²) in [6.07, 6.45) is 11.6. The highest BCUT2D eigenvalue weighted by Crippen LogP contribution is 2.71. The van der Waals surface area contributed by atoms with Crippen LogP contribution in [0.25, 0.3) is 0 Å². The third kappa shape index (κ3) is 3.04. The van der Waals surface area contributed by atoms with Crippen molar-refractivity contribution in [1.29, 1.82) is 0 Å². The van der Waals surface area contributed by atoms with E-state index in [0.717, 1.165) is 31.3 Å². The van der Waals surface area contributed by atoms with E-state index in [1.54, 1.807) is 0 Å². The van der Waals surface area contributed by atoms with Crippen LogP contribution in [-0.4, -0.2) is 51.7 Å². The van der Waals surface area contributed by atoms with Gasteiger partial charge in [-0.25, -0.2) is 9.97 Å². The van der Waals surface area contributed by atoms with E-state index in [-0.39, 0.29) is 10.8 Å². The molecule has 3 aliphatic carbocycles. The zero-order valence-corrected chi connectivity index (χ0v) is 22.5. The Morgan fingerprint density at radius 3 is 2.64 bits per heavy atom. The maximum absolute atomic E-state index is 10.7. The first kappa shape index (κ1) is 23.0. The van der Waals surface area contributed by atoms with Gasteiger partial charge in [-0.3, -0.25) is 4.90 Å². The summed E-state index contributed by atoms with van der Waals surface area (Å²) >= 11 is 0. The molecular formula is C31H42N4O. The van der Waals surface area contributed by atoms with Crippen LogP contribution in [0.15, 0.2) is 30.6 Å². The number of anilines is 1. The molecule has 7 rings (SSSR count). The Bertz CT molecular complexity index is 1160. The van der Waals surface area contributed by atoms with Crippen molar-refractivity contribution in [2.45, 2.75) is 89.6 Å². The number of phenolic OH excluding ortho intramolecular Hbond substituents is 1. The number of piperidine rings is 1. The minimum Gasteiger partial charge on any atom is -0.508 e. The fourth-order valence-corrected chi connectivity index (χ4v) is 9.48. The number of likely N-dealkylation sites (tertiary alicyclic amines) is 1. The summed E-state index contributed by atoms with van der Waals surface area (Å²) in [6.45, 7) is 13.0. The molecule has 5 heteroatoms. The van der Waals surface area contributed by atoms with Crippen LogP contribution in [0.5, 0.6) is 5.75 Å². The van der Waals surface area contributed by atoms with Crippen molar-refractivity contribution in [2.75, 3.05) is 24.5 Å². The number of hydrogen-bond acceptors (Lipinski definition) is 5. The molecule has 1 aromatic carbocycles. The number of phenols is 1. The van der Waals surface area contributed by atoms with Crippen molar-refractivity contribution < 1.29 is 5.11 Å². The third-order valence-corrected chi connectivity index (χ3v) is 11.2. The Hall–Kier alpha value is -2.14. The number of nitrogens with zero attached hydrogens (tertiary/aromatic N) is 4. The number of aromatic nitrogens is 2. The number of benzene rings is 1. The Labute approximate surface area is 216 Å². The maximum atomic E-state index is 10.7. The molecule has 2 saturated heterocycles. The zero-order chi connectivity index (χ0) is 24.8. The molecule has 0 radical (unpaired) electrons. The normalized spacial score (nSPS) is 37.2. The highest BCUT2D eigenvalue weighted by Gasteiger charge is 2.72. The summed E-state index contributed by atoms with van der Waals surface area (Å²) in [5.74, 6) is 3.94. The van der Waals surface area contributed by atoms with Gasteiger partial charge in [-0.05, 0) is 103 Å². The standard InChI is InChI=1S/C31H42N4O/c1-5-26-28-22(18-35(26)29-32-15-23(16-33-29)19(2)3)14-30(4)27-12-21-8-9-24(36)13-25(21)31(28,30)10-11-34(27)17-20-6-7-20/h8-9,13,15-16,19-20,22,26-28,36H,5-7,10-12,14,17-18H2,1-4H3/t22-,26?,27?,28?,30?,31?/m1/s1. The van der Waals surface area contributed by atoms with Gasteiger partial charge < -0.3 is 10.0 Å². The molecule has 1 N–H and O–H groups in total. The van der Waals surface area contributed by atoms with Crippen LogP contribution in [-0.2, 0) is 11.8 Å². The molecule has 36 heavy (non-hydrogen) atoms. The first-order valence-corrected chi connectivity index (χ1v) is 14.5. The summed E-state index contributed by atoms with van der Waals surface area (Å²) in [5, 5.41) is 10.7. The van der Waals surface area contributed by atoms with Gasteiger partial charge in [0.05, 0.1) is 0 Å². The molecule has 0 amide bonds. The number of aromatic hydroxyl groups is 1. The van der Waals surface area contributed by atoms with E-state index in [1.807, 2.05) is 18.5 Å². The molecular weight excluding hydrogens is 444 g/mol. The molecule has 2 bridgehead atoms. The minimum atomic E-state index is 0.113. The number of rotatable bonds is 5. The highest BCUT2D eigenvalue weighted by atomic mass is 16.3. The van der Waals surface area contributed by atoms with Crippen LogP contribution in [0.4, 0.5) is 5.95 Å². The molecule has 5 nitrogen and oxygen atoms in total. The highest BCUT2D eigenvalue weighted by molar-refractivity contribution is 5.51. The molecule has 2 saturated carbocycles. The van der Waals surface area contributed by atoms with Crippen molar-refractivity contribution >= 4 is 5.95 Å². The second kappa shape index (κ2) is 7.93. The van der Waals surface area contributed by atoms with Crippen LogP contribution < -0.4 is 4.90 Å². The van der Waals surface area contributed by atoms with E-state index >= 15 is 0 Å². The van der Waals surface area contributed by atoms with Crippen molar-refractivity contribution in [3.05, 3.63) is 47.3 Å². The smallest absolute Gasteiger partial charge is 0.225 e. The van der Waals surface area contributed by atoms with Crippen LogP contribution >= 0.6 is 0 Å². The Morgan fingerprint density at radius 2 is 1.94 bits per heavy atom. The van der Waals surface area contributed by atoms with Crippen LogP contribution in [0.3, 0.4) is 0 Å². The first-order chi connectivity index (χ1) is 17.4. The van der Waals surface area contributed by atoms with Gasteiger partial charge in [0.1, 0.15) is 5.75 Å². The Morgan fingerprint density at radius 1 is 1.17 bits per heavy atom. The molecule has 4 fully saturated rings. The molecule has 5 aliphatic rings. The van der Waals surface area contributed by atoms with Gasteiger partial charge in [-0.2, -0.15) is 0 Å². The Kier molecular flexibility index (Phi) is 5.07. The van der Waals surface area contributed by atoms with Gasteiger partial charge in [0.2, 0.25) is 5.95 Å². The first-order valence-electron chi connectivity index (χ1n) is 14.5. The average Bonchev–Trinajstić information content (AvgIpc) is 3.54. The van der Waals surface area contributed by atoms with E-state index in [2.05, 4.69) is 49.6 Å². The molecule has 2 aromatic rings. The summed E-state index contributed by atoms with van der Waals surface area (Å²) in [5.41, 5.74) is 4.53. The van der Waals surface area contributed by atoms with Gasteiger partial charge in [-0.1, -0.05) is 33.8 Å². The van der Waals surface area contributed by atoms with Crippen molar-refractivity contribution in [2.24, 2.45) is 23.2 Å². The van der Waals surface area contributed by atoms with Crippen LogP contribution in [0.2, 0.25) is 0 Å². The number of hydrogen-bond donors (Lipinski definition) is 1. The average molecular weight is 487 g/mol. The number of fused-ring (bicyclic) bond motifs is 2. The lowest BCUT2D eigenvalue weighted by Gasteiger charge is -2.63. The lowest BCUT2D eigenvalue weighted by molar-refractivity contribution is -0.0574. The molecule has 5 unspecified atom stereocenters.